The van der Waals surface area contributed by atoms with Crippen molar-refractivity contribution in [1.82, 2.24) is 24.5 Å². The van der Waals surface area contributed by atoms with Gasteiger partial charge in [-0.2, -0.15) is 4.52 Å². The minimum absolute atomic E-state index is 0.335. The second kappa shape index (κ2) is 6.40. The Morgan fingerprint density at radius 2 is 2.15 bits per heavy atom. The number of hydrogen-bond acceptors (Lipinski definition) is 7. The highest BCUT2D eigenvalue weighted by atomic mass is 16.5. The fourth-order valence-corrected chi connectivity index (χ4v) is 3.88. The lowest BCUT2D eigenvalue weighted by molar-refractivity contribution is 0.186. The predicted molar refractivity (Wildman–Crippen MR) is 104 cm³/mol. The topological polar surface area (TPSA) is 93.9 Å². The third-order valence-electron chi connectivity index (χ3n) is 5.08. The van der Waals surface area contributed by atoms with Gasteiger partial charge in [0.05, 0.1) is 24.4 Å². The molecule has 27 heavy (non-hydrogen) atoms. The van der Waals surface area contributed by atoms with Crippen LogP contribution in [-0.2, 0) is 17.9 Å². The molecule has 5 rings (SSSR count). The number of aliphatic imine (C=N–C) groups is 1. The standard InChI is InChI=1S/C19H21N7O/c1-27-11-13-4-2-6-14-17(13)23-19(20)26-18(14)22-16(24-26)10-25-8-12-5-3-7-21-15(12)9-25/h2,4-6H,3,7-11H2,1H3,(H2,20,23). The van der Waals surface area contributed by atoms with Gasteiger partial charge >= 0.3 is 0 Å². The minimum Gasteiger partial charge on any atom is -0.380 e. The van der Waals surface area contributed by atoms with E-state index in [1.54, 1.807) is 11.6 Å². The summed E-state index contributed by atoms with van der Waals surface area (Å²) in [5, 5.41) is 5.53. The normalized spacial score (nSPS) is 17.4. The van der Waals surface area contributed by atoms with Gasteiger partial charge in [0.2, 0.25) is 5.95 Å². The first-order valence-electron chi connectivity index (χ1n) is 9.09. The van der Waals surface area contributed by atoms with Crippen molar-refractivity contribution in [3.63, 3.8) is 0 Å². The molecular formula is C19H21N7O. The van der Waals surface area contributed by atoms with Crippen LogP contribution in [0.4, 0.5) is 5.95 Å². The Kier molecular flexibility index (Phi) is 3.87. The Bertz CT molecular complexity index is 1080. The molecule has 0 radical (unpaired) electrons. The van der Waals surface area contributed by atoms with E-state index in [-0.39, 0.29) is 0 Å². The zero-order valence-electron chi connectivity index (χ0n) is 15.2. The average Bonchev–Trinajstić information content (AvgIpc) is 3.27. The molecule has 0 amide bonds. The first-order chi connectivity index (χ1) is 13.2. The first-order valence-corrected chi connectivity index (χ1v) is 9.09. The van der Waals surface area contributed by atoms with Crippen molar-refractivity contribution < 1.29 is 4.74 Å². The molecule has 1 aromatic carbocycles. The Morgan fingerprint density at radius 1 is 1.22 bits per heavy atom. The van der Waals surface area contributed by atoms with Gasteiger partial charge in [0.25, 0.3) is 0 Å². The second-order valence-electron chi connectivity index (χ2n) is 6.97. The molecular weight excluding hydrogens is 342 g/mol. The number of ether oxygens (including phenoxy) is 1. The van der Waals surface area contributed by atoms with E-state index in [1.165, 1.54) is 11.3 Å². The maximum absolute atomic E-state index is 6.17. The van der Waals surface area contributed by atoms with Gasteiger partial charge in [-0.25, -0.2) is 9.97 Å². The number of anilines is 1. The third kappa shape index (κ3) is 2.77. The van der Waals surface area contributed by atoms with Crippen LogP contribution in [0.25, 0.3) is 16.6 Å². The van der Waals surface area contributed by atoms with Gasteiger partial charge in [0.15, 0.2) is 11.5 Å². The lowest BCUT2D eigenvalue weighted by Crippen LogP contribution is -2.21. The summed E-state index contributed by atoms with van der Waals surface area (Å²) in [5.74, 6) is 1.08. The Balaban J connectivity index is 1.53. The lowest BCUT2D eigenvalue weighted by Gasteiger charge is -2.09. The second-order valence-corrected chi connectivity index (χ2v) is 6.97. The number of methoxy groups -OCH3 is 1. The number of likely N-dealkylation sites (tertiary alicyclic amines) is 1. The largest absolute Gasteiger partial charge is 0.380 e. The molecule has 1 fully saturated rings. The summed E-state index contributed by atoms with van der Waals surface area (Å²) >= 11 is 0. The third-order valence-corrected chi connectivity index (χ3v) is 5.08. The van der Waals surface area contributed by atoms with Crippen molar-refractivity contribution in [3.8, 4) is 0 Å². The SMILES string of the molecule is COCc1cccc2c1nc(N)n1nc(CN3CC4=CCCN=C4C3)nc21. The van der Waals surface area contributed by atoms with Crippen LogP contribution < -0.4 is 5.73 Å². The van der Waals surface area contributed by atoms with E-state index in [4.69, 9.17) is 15.5 Å². The minimum atomic E-state index is 0.335. The van der Waals surface area contributed by atoms with Crippen molar-refractivity contribution in [2.75, 3.05) is 32.5 Å². The molecule has 1 saturated heterocycles. The number of aromatic nitrogens is 4. The molecule has 4 heterocycles. The van der Waals surface area contributed by atoms with Gasteiger partial charge in [-0.1, -0.05) is 18.2 Å². The Morgan fingerprint density at radius 3 is 3.00 bits per heavy atom. The maximum atomic E-state index is 6.17. The van der Waals surface area contributed by atoms with Gasteiger partial charge in [-0.05, 0) is 18.1 Å². The van der Waals surface area contributed by atoms with Crippen LogP contribution >= 0.6 is 0 Å². The Labute approximate surface area is 156 Å². The summed E-state index contributed by atoms with van der Waals surface area (Å²) in [5.41, 5.74) is 11.3. The molecule has 0 aliphatic carbocycles. The van der Waals surface area contributed by atoms with E-state index in [9.17, 15) is 0 Å². The Hall–Kier alpha value is -2.84. The van der Waals surface area contributed by atoms with Crippen LogP contribution in [0.5, 0.6) is 0 Å². The number of nitrogens with zero attached hydrogens (tertiary/aromatic N) is 6. The molecule has 2 aliphatic rings. The van der Waals surface area contributed by atoms with Crippen molar-refractivity contribution in [3.05, 3.63) is 41.2 Å². The van der Waals surface area contributed by atoms with Crippen molar-refractivity contribution in [2.45, 2.75) is 19.6 Å². The zero-order valence-corrected chi connectivity index (χ0v) is 15.2. The summed E-state index contributed by atoms with van der Waals surface area (Å²) in [6, 6.07) is 5.98. The summed E-state index contributed by atoms with van der Waals surface area (Å²) in [7, 11) is 1.67. The number of nitrogen functional groups attached to an aromatic ring is 1. The number of hydrogen-bond donors (Lipinski definition) is 1. The van der Waals surface area contributed by atoms with E-state index in [0.717, 1.165) is 54.0 Å². The maximum Gasteiger partial charge on any atom is 0.223 e. The van der Waals surface area contributed by atoms with Crippen molar-refractivity contribution in [1.29, 1.82) is 0 Å². The highest BCUT2D eigenvalue weighted by Crippen LogP contribution is 2.24. The average molecular weight is 363 g/mol. The van der Waals surface area contributed by atoms with E-state index in [0.29, 0.717) is 19.1 Å². The molecule has 0 unspecified atom stereocenters. The van der Waals surface area contributed by atoms with Crippen LogP contribution in [-0.4, -0.2) is 56.9 Å². The van der Waals surface area contributed by atoms with E-state index >= 15 is 0 Å². The van der Waals surface area contributed by atoms with E-state index in [2.05, 4.69) is 26.1 Å². The molecule has 2 aromatic heterocycles. The fourth-order valence-electron chi connectivity index (χ4n) is 3.88. The van der Waals surface area contributed by atoms with Crippen LogP contribution in [0.1, 0.15) is 17.8 Å². The van der Waals surface area contributed by atoms with Gasteiger partial charge < -0.3 is 10.5 Å². The molecule has 0 saturated carbocycles. The fraction of sp³-hybridized carbons (Fsp3) is 0.368. The van der Waals surface area contributed by atoms with Crippen LogP contribution in [0.2, 0.25) is 0 Å². The number of dihydropyridines is 1. The molecule has 8 heteroatoms. The van der Waals surface area contributed by atoms with Crippen LogP contribution in [0.15, 0.2) is 34.8 Å². The predicted octanol–water partition coefficient (Wildman–Crippen LogP) is 1.59. The molecule has 2 N–H and O–H groups in total. The summed E-state index contributed by atoms with van der Waals surface area (Å²) in [6.07, 6.45) is 3.34. The van der Waals surface area contributed by atoms with Gasteiger partial charge in [-0.3, -0.25) is 9.89 Å². The molecule has 0 atom stereocenters. The van der Waals surface area contributed by atoms with E-state index in [1.807, 2.05) is 18.2 Å². The van der Waals surface area contributed by atoms with Crippen LogP contribution in [0.3, 0.4) is 0 Å². The lowest BCUT2D eigenvalue weighted by atomic mass is 10.1. The number of fused-ring (bicyclic) bond motifs is 4. The van der Waals surface area contributed by atoms with Crippen molar-refractivity contribution >= 4 is 28.2 Å². The number of benzene rings is 1. The molecule has 3 aromatic rings. The molecule has 2 aliphatic heterocycles. The van der Waals surface area contributed by atoms with Crippen molar-refractivity contribution in [2.24, 2.45) is 4.99 Å². The summed E-state index contributed by atoms with van der Waals surface area (Å²) in [4.78, 5) is 16.3. The molecule has 0 spiro atoms. The van der Waals surface area contributed by atoms with E-state index < -0.39 is 0 Å². The quantitative estimate of drug-likeness (QED) is 0.757. The molecule has 8 nitrogen and oxygen atoms in total. The van der Waals surface area contributed by atoms with Gasteiger partial charge in [-0.15, -0.1) is 5.10 Å². The number of para-hydroxylation sites is 1. The van der Waals surface area contributed by atoms with Gasteiger partial charge in [0, 0.05) is 37.7 Å². The summed E-state index contributed by atoms with van der Waals surface area (Å²) in [6.45, 7) is 3.80. The zero-order chi connectivity index (χ0) is 18.4. The summed E-state index contributed by atoms with van der Waals surface area (Å²) < 4.78 is 6.91. The molecule has 138 valence electrons. The monoisotopic (exact) mass is 363 g/mol. The molecule has 0 bridgehead atoms. The smallest absolute Gasteiger partial charge is 0.223 e. The highest BCUT2D eigenvalue weighted by Gasteiger charge is 2.25. The van der Waals surface area contributed by atoms with Gasteiger partial charge in [0.1, 0.15) is 0 Å². The number of rotatable bonds is 4. The highest BCUT2D eigenvalue weighted by molar-refractivity contribution is 6.04. The number of nitrogens with two attached hydrogens (primary N) is 1. The first kappa shape index (κ1) is 16.3. The van der Waals surface area contributed by atoms with Crippen LogP contribution in [0, 0.1) is 0 Å².